The van der Waals surface area contributed by atoms with Gasteiger partial charge in [0.1, 0.15) is 6.33 Å². The molecule has 0 bridgehead atoms. The van der Waals surface area contributed by atoms with Gasteiger partial charge < -0.3 is 4.52 Å². The van der Waals surface area contributed by atoms with Crippen LogP contribution in [0.25, 0.3) is 22.6 Å². The Morgan fingerprint density at radius 2 is 1.96 bits per heavy atom. The molecule has 0 radical (unpaired) electrons. The Kier molecular flexibility index (Phi) is 4.23. The van der Waals surface area contributed by atoms with E-state index in [1.54, 1.807) is 18.6 Å². The minimum Gasteiger partial charge on any atom is -0.337 e. The van der Waals surface area contributed by atoms with Gasteiger partial charge >= 0.3 is 0 Å². The topological polar surface area (TPSA) is 80.8 Å². The molecule has 0 aliphatic carbocycles. The lowest BCUT2D eigenvalue weighted by Crippen LogP contribution is -2.30. The standard InChI is InChI=1S/C18H20N6O/c1-12(2)24-7-3-4-16(24)18-22-17(23-25-18)13-5-6-15(21-10-13)14-8-19-11-20-9-14/h5-6,8-12,16H,3-4,7H2,1-2H3. The molecule has 0 saturated carbocycles. The molecule has 1 saturated heterocycles. The summed E-state index contributed by atoms with van der Waals surface area (Å²) in [6.45, 7) is 5.48. The quantitative estimate of drug-likeness (QED) is 0.724. The Morgan fingerprint density at radius 3 is 2.68 bits per heavy atom. The van der Waals surface area contributed by atoms with Gasteiger partial charge in [0, 0.05) is 35.8 Å². The second kappa shape index (κ2) is 6.68. The molecule has 0 amide bonds. The maximum Gasteiger partial charge on any atom is 0.244 e. The fourth-order valence-electron chi connectivity index (χ4n) is 3.29. The van der Waals surface area contributed by atoms with Crippen LogP contribution in [-0.2, 0) is 0 Å². The van der Waals surface area contributed by atoms with Crippen molar-refractivity contribution in [1.29, 1.82) is 0 Å². The van der Waals surface area contributed by atoms with Crippen LogP contribution in [0.5, 0.6) is 0 Å². The Bertz CT molecular complexity index is 830. The highest BCUT2D eigenvalue weighted by Crippen LogP contribution is 2.33. The number of hydrogen-bond donors (Lipinski definition) is 0. The van der Waals surface area contributed by atoms with Crippen molar-refractivity contribution in [2.24, 2.45) is 0 Å². The summed E-state index contributed by atoms with van der Waals surface area (Å²) in [5.41, 5.74) is 2.53. The number of nitrogens with zero attached hydrogens (tertiary/aromatic N) is 6. The van der Waals surface area contributed by atoms with Crippen molar-refractivity contribution in [2.75, 3.05) is 6.54 Å². The predicted octanol–water partition coefficient (Wildman–Crippen LogP) is 3.13. The highest BCUT2D eigenvalue weighted by Gasteiger charge is 2.32. The zero-order valence-corrected chi connectivity index (χ0v) is 14.3. The van der Waals surface area contributed by atoms with Gasteiger partial charge in [-0.3, -0.25) is 9.88 Å². The van der Waals surface area contributed by atoms with E-state index in [2.05, 4.69) is 43.8 Å². The molecule has 0 spiro atoms. The highest BCUT2D eigenvalue weighted by atomic mass is 16.5. The van der Waals surface area contributed by atoms with Crippen LogP contribution in [0.15, 0.2) is 41.6 Å². The molecule has 128 valence electrons. The third-order valence-corrected chi connectivity index (χ3v) is 4.56. The summed E-state index contributed by atoms with van der Waals surface area (Å²) < 4.78 is 5.55. The van der Waals surface area contributed by atoms with Crippen LogP contribution in [0.3, 0.4) is 0 Å². The number of likely N-dealkylation sites (tertiary alicyclic amines) is 1. The average molecular weight is 336 g/mol. The smallest absolute Gasteiger partial charge is 0.244 e. The molecule has 1 unspecified atom stereocenters. The Hall–Kier alpha value is -2.67. The van der Waals surface area contributed by atoms with Gasteiger partial charge in [0.25, 0.3) is 0 Å². The van der Waals surface area contributed by atoms with Crippen molar-refractivity contribution in [3.05, 3.63) is 42.9 Å². The lowest BCUT2D eigenvalue weighted by molar-refractivity contribution is 0.170. The third-order valence-electron chi connectivity index (χ3n) is 4.56. The highest BCUT2D eigenvalue weighted by molar-refractivity contribution is 5.61. The molecule has 0 aromatic carbocycles. The van der Waals surface area contributed by atoms with Crippen LogP contribution in [0.2, 0.25) is 0 Å². The minimum atomic E-state index is 0.218. The summed E-state index contributed by atoms with van der Waals surface area (Å²) in [7, 11) is 0. The van der Waals surface area contributed by atoms with Crippen molar-refractivity contribution in [3.63, 3.8) is 0 Å². The zero-order valence-electron chi connectivity index (χ0n) is 14.3. The van der Waals surface area contributed by atoms with E-state index in [4.69, 9.17) is 4.52 Å². The Morgan fingerprint density at radius 1 is 1.12 bits per heavy atom. The second-order valence-electron chi connectivity index (χ2n) is 6.51. The lowest BCUT2D eigenvalue weighted by Gasteiger charge is -2.25. The van der Waals surface area contributed by atoms with Gasteiger partial charge in [0.15, 0.2) is 0 Å². The first-order valence-electron chi connectivity index (χ1n) is 8.53. The van der Waals surface area contributed by atoms with Crippen LogP contribution < -0.4 is 0 Å². The van der Waals surface area contributed by atoms with Crippen LogP contribution >= 0.6 is 0 Å². The molecule has 0 N–H and O–H groups in total. The summed E-state index contributed by atoms with van der Waals surface area (Å²) in [6.07, 6.45) is 8.96. The summed E-state index contributed by atoms with van der Waals surface area (Å²) in [5.74, 6) is 1.27. The normalized spacial score (nSPS) is 18.1. The van der Waals surface area contributed by atoms with Crippen LogP contribution in [-0.4, -0.2) is 42.6 Å². The first-order valence-corrected chi connectivity index (χ1v) is 8.53. The van der Waals surface area contributed by atoms with Gasteiger partial charge in [-0.05, 0) is 45.4 Å². The zero-order chi connectivity index (χ0) is 17.2. The predicted molar refractivity (Wildman–Crippen MR) is 92.4 cm³/mol. The van der Waals surface area contributed by atoms with Gasteiger partial charge in [0.2, 0.25) is 11.7 Å². The fraction of sp³-hybridized carbons (Fsp3) is 0.389. The minimum absolute atomic E-state index is 0.218. The summed E-state index contributed by atoms with van der Waals surface area (Å²) in [6, 6.07) is 4.55. The van der Waals surface area contributed by atoms with E-state index >= 15 is 0 Å². The molecule has 1 aliphatic rings. The second-order valence-corrected chi connectivity index (χ2v) is 6.51. The van der Waals surface area contributed by atoms with Crippen LogP contribution in [0, 0.1) is 0 Å². The molecule has 1 atom stereocenters. The van der Waals surface area contributed by atoms with Crippen molar-refractivity contribution in [3.8, 4) is 22.6 Å². The van der Waals surface area contributed by atoms with Gasteiger partial charge in [0.05, 0.1) is 11.7 Å². The Labute approximate surface area is 146 Å². The molecule has 7 heteroatoms. The van der Waals surface area contributed by atoms with Gasteiger partial charge in [-0.15, -0.1) is 0 Å². The summed E-state index contributed by atoms with van der Waals surface area (Å²) in [5, 5.41) is 4.15. The summed E-state index contributed by atoms with van der Waals surface area (Å²) in [4.78, 5) is 19.5. The molecule has 4 rings (SSSR count). The number of hydrogen-bond acceptors (Lipinski definition) is 7. The van der Waals surface area contributed by atoms with Gasteiger partial charge in [-0.2, -0.15) is 4.98 Å². The maximum atomic E-state index is 5.55. The Balaban J connectivity index is 1.56. The lowest BCUT2D eigenvalue weighted by atomic mass is 10.2. The molecule has 1 aliphatic heterocycles. The molecular weight excluding hydrogens is 316 g/mol. The third kappa shape index (κ3) is 3.15. The van der Waals surface area contributed by atoms with Gasteiger partial charge in [-0.1, -0.05) is 5.16 Å². The fourth-order valence-corrected chi connectivity index (χ4v) is 3.29. The monoisotopic (exact) mass is 336 g/mol. The average Bonchev–Trinajstić information content (AvgIpc) is 3.32. The van der Waals surface area contributed by atoms with E-state index in [1.165, 1.54) is 6.33 Å². The molecular formula is C18H20N6O. The molecule has 1 fully saturated rings. The molecule has 3 aromatic heterocycles. The summed E-state index contributed by atoms with van der Waals surface area (Å²) >= 11 is 0. The van der Waals surface area contributed by atoms with Crippen molar-refractivity contribution < 1.29 is 4.52 Å². The van der Waals surface area contributed by atoms with E-state index in [9.17, 15) is 0 Å². The van der Waals surface area contributed by atoms with E-state index < -0.39 is 0 Å². The van der Waals surface area contributed by atoms with Crippen molar-refractivity contribution in [2.45, 2.75) is 38.8 Å². The van der Waals surface area contributed by atoms with Crippen molar-refractivity contribution in [1.82, 2.24) is 30.0 Å². The largest absolute Gasteiger partial charge is 0.337 e. The first-order chi connectivity index (χ1) is 12.2. The van der Waals surface area contributed by atoms with Crippen molar-refractivity contribution >= 4 is 0 Å². The maximum absolute atomic E-state index is 5.55. The SMILES string of the molecule is CC(C)N1CCCC1c1nc(-c2ccc(-c3cncnc3)nc2)no1. The van der Waals surface area contributed by atoms with E-state index in [0.29, 0.717) is 17.8 Å². The molecule has 3 aromatic rings. The van der Waals surface area contributed by atoms with Crippen LogP contribution in [0.4, 0.5) is 0 Å². The molecule has 7 nitrogen and oxygen atoms in total. The van der Waals surface area contributed by atoms with Gasteiger partial charge in [-0.25, -0.2) is 9.97 Å². The molecule has 25 heavy (non-hydrogen) atoms. The van der Waals surface area contributed by atoms with E-state index in [-0.39, 0.29) is 6.04 Å². The number of aromatic nitrogens is 5. The number of rotatable bonds is 4. The molecule has 4 heterocycles. The first kappa shape index (κ1) is 15.8. The van der Waals surface area contributed by atoms with E-state index in [1.807, 2.05) is 12.1 Å². The van der Waals surface area contributed by atoms with E-state index in [0.717, 1.165) is 36.2 Å². The van der Waals surface area contributed by atoms with Crippen LogP contribution in [0.1, 0.15) is 38.6 Å². The number of pyridine rings is 1.